The third-order valence-corrected chi connectivity index (χ3v) is 7.91. The topological polar surface area (TPSA) is 121 Å². The van der Waals surface area contributed by atoms with E-state index in [4.69, 9.17) is 4.84 Å². The van der Waals surface area contributed by atoms with E-state index in [1.54, 1.807) is 25.3 Å². The normalized spacial score (nSPS) is 18.4. The maximum Gasteiger partial charge on any atom is 0.331 e. The fourth-order valence-corrected chi connectivity index (χ4v) is 5.78. The number of carbonyl (C=O) groups excluding carboxylic acids is 1. The first-order chi connectivity index (χ1) is 20.5. The molecule has 0 aliphatic heterocycles. The molecule has 1 saturated carbocycles. The molecular formula is C34H39N5O4. The number of hydroxylamine groups is 2. The van der Waals surface area contributed by atoms with Crippen molar-refractivity contribution in [3.05, 3.63) is 104 Å². The molecule has 9 heteroatoms. The van der Waals surface area contributed by atoms with Crippen molar-refractivity contribution in [3.63, 3.8) is 0 Å². The number of nitriles is 2. The van der Waals surface area contributed by atoms with Gasteiger partial charge in [0.05, 0.1) is 41.3 Å². The van der Waals surface area contributed by atoms with E-state index >= 15 is 0 Å². The zero-order valence-corrected chi connectivity index (χ0v) is 25.4. The molecule has 1 aromatic heterocycles. The van der Waals surface area contributed by atoms with Gasteiger partial charge in [-0.05, 0) is 77.0 Å². The number of amides is 1. The van der Waals surface area contributed by atoms with Crippen LogP contribution in [0.2, 0.25) is 0 Å². The van der Waals surface area contributed by atoms with Crippen molar-refractivity contribution in [2.75, 3.05) is 0 Å². The Balaban J connectivity index is 1.47. The molecule has 2 aromatic carbocycles. The van der Waals surface area contributed by atoms with Gasteiger partial charge >= 0.3 is 5.69 Å². The summed E-state index contributed by atoms with van der Waals surface area (Å²) in [7, 11) is 0. The zero-order chi connectivity index (χ0) is 31.2. The Hall–Kier alpha value is -4.47. The van der Waals surface area contributed by atoms with Crippen LogP contribution < -0.4 is 11.2 Å². The molecule has 0 bridgehead atoms. The highest BCUT2D eigenvalue weighted by Gasteiger charge is 2.42. The largest absolute Gasteiger partial charge is 0.331 e. The number of carbonyl (C=O) groups is 1. The van der Waals surface area contributed by atoms with Gasteiger partial charge in [0, 0.05) is 24.7 Å². The lowest BCUT2D eigenvalue weighted by atomic mass is 9.68. The third kappa shape index (κ3) is 7.31. The quantitative estimate of drug-likeness (QED) is 0.329. The van der Waals surface area contributed by atoms with Gasteiger partial charge in [0.2, 0.25) is 5.91 Å². The number of rotatable bonds is 9. The summed E-state index contributed by atoms with van der Waals surface area (Å²) in [4.78, 5) is 45.8. The lowest BCUT2D eigenvalue weighted by Gasteiger charge is -2.42. The van der Waals surface area contributed by atoms with Crippen LogP contribution in [0.4, 0.5) is 0 Å². The molecule has 224 valence electrons. The molecule has 0 spiro atoms. The highest BCUT2D eigenvalue weighted by atomic mass is 16.7. The molecule has 0 atom stereocenters. The minimum absolute atomic E-state index is 0.0890. The fourth-order valence-electron chi connectivity index (χ4n) is 5.78. The van der Waals surface area contributed by atoms with Gasteiger partial charge in [-0.15, -0.1) is 0 Å². The summed E-state index contributed by atoms with van der Waals surface area (Å²) in [5.41, 5.74) is 0.431. The summed E-state index contributed by atoms with van der Waals surface area (Å²) in [5.74, 6) is -0.230. The van der Waals surface area contributed by atoms with E-state index in [-0.39, 0.29) is 36.9 Å². The molecule has 43 heavy (non-hydrogen) atoms. The monoisotopic (exact) mass is 581 g/mol. The van der Waals surface area contributed by atoms with Gasteiger partial charge in [0.1, 0.15) is 0 Å². The van der Waals surface area contributed by atoms with E-state index in [9.17, 15) is 24.9 Å². The van der Waals surface area contributed by atoms with Crippen molar-refractivity contribution in [2.45, 2.75) is 96.4 Å². The van der Waals surface area contributed by atoms with Gasteiger partial charge < -0.3 is 0 Å². The van der Waals surface area contributed by atoms with Gasteiger partial charge in [-0.1, -0.05) is 48.5 Å². The number of nitrogens with zero attached hydrogens (tertiary/aromatic N) is 5. The molecule has 1 heterocycles. The zero-order valence-electron chi connectivity index (χ0n) is 25.4. The average Bonchev–Trinajstić information content (AvgIpc) is 3.00. The Morgan fingerprint density at radius 3 is 2.33 bits per heavy atom. The summed E-state index contributed by atoms with van der Waals surface area (Å²) >= 11 is 0. The molecule has 1 fully saturated rings. The van der Waals surface area contributed by atoms with E-state index in [1.807, 2.05) is 63.2 Å². The van der Waals surface area contributed by atoms with Crippen LogP contribution in [0.25, 0.3) is 0 Å². The van der Waals surface area contributed by atoms with Crippen LogP contribution in [0.3, 0.4) is 0 Å². The van der Waals surface area contributed by atoms with E-state index < -0.39 is 16.7 Å². The molecule has 0 radical (unpaired) electrons. The number of aryl methyl sites for hydroxylation is 1. The molecule has 3 aromatic rings. The minimum atomic E-state index is -0.800. The lowest BCUT2D eigenvalue weighted by Crippen LogP contribution is -2.48. The van der Waals surface area contributed by atoms with Crippen molar-refractivity contribution < 1.29 is 9.63 Å². The van der Waals surface area contributed by atoms with Crippen molar-refractivity contribution in [3.8, 4) is 12.1 Å². The molecule has 1 aliphatic carbocycles. The predicted octanol–water partition coefficient (Wildman–Crippen LogP) is 4.98. The van der Waals surface area contributed by atoms with Crippen molar-refractivity contribution in [1.29, 1.82) is 10.5 Å². The van der Waals surface area contributed by atoms with Gasteiger partial charge in [-0.2, -0.15) is 10.5 Å². The van der Waals surface area contributed by atoms with Gasteiger partial charge in [0.15, 0.2) is 0 Å². The Bertz CT molecular complexity index is 1650. The highest BCUT2D eigenvalue weighted by molar-refractivity contribution is 5.75. The van der Waals surface area contributed by atoms with E-state index in [0.717, 1.165) is 11.1 Å². The van der Waals surface area contributed by atoms with Gasteiger partial charge in [-0.25, -0.2) is 9.86 Å². The second kappa shape index (κ2) is 13.2. The summed E-state index contributed by atoms with van der Waals surface area (Å²) in [6.07, 6.45) is 4.02. The second-order valence-electron chi connectivity index (χ2n) is 12.3. The molecule has 9 nitrogen and oxygen atoms in total. The SMILES string of the molecule is Cc1cn(Cc2ccccc2)c(=O)n(CCCC(=O)N(OC(C)(C)C)C2CCC(C#N)(c3ccccc3C#N)CC2)c1=O. The van der Waals surface area contributed by atoms with Crippen LogP contribution in [0.5, 0.6) is 0 Å². The summed E-state index contributed by atoms with van der Waals surface area (Å²) < 4.78 is 2.73. The summed E-state index contributed by atoms with van der Waals surface area (Å²) in [6, 6.07) is 21.2. The summed E-state index contributed by atoms with van der Waals surface area (Å²) in [6.45, 7) is 7.76. The second-order valence-corrected chi connectivity index (χ2v) is 12.3. The van der Waals surface area contributed by atoms with E-state index in [0.29, 0.717) is 43.4 Å². The smallest absolute Gasteiger partial charge is 0.296 e. The number of hydrogen-bond donors (Lipinski definition) is 0. The predicted molar refractivity (Wildman–Crippen MR) is 163 cm³/mol. The molecule has 1 aliphatic rings. The maximum absolute atomic E-state index is 13.6. The molecule has 0 unspecified atom stereocenters. The van der Waals surface area contributed by atoms with Crippen LogP contribution in [-0.2, 0) is 28.1 Å². The standard InChI is InChI=1S/C34H39N5O4/c1-25-22-37(23-26-11-6-5-7-12-26)32(42)38(31(25)41)20-10-15-30(40)39(43-33(2,3)4)28-16-18-34(24-36,19-17-28)29-14-9-8-13-27(29)21-35/h5-9,11-14,22,28H,10,15-20,23H2,1-4H3. The third-order valence-electron chi connectivity index (χ3n) is 7.91. The Morgan fingerprint density at radius 2 is 1.70 bits per heavy atom. The number of aromatic nitrogens is 2. The van der Waals surface area contributed by atoms with Crippen LogP contribution >= 0.6 is 0 Å². The minimum Gasteiger partial charge on any atom is -0.296 e. The van der Waals surface area contributed by atoms with Gasteiger partial charge in [-0.3, -0.25) is 23.6 Å². The fraction of sp³-hybridized carbons (Fsp3) is 0.441. The first kappa shape index (κ1) is 31.5. The lowest BCUT2D eigenvalue weighted by molar-refractivity contribution is -0.246. The number of hydrogen-bond acceptors (Lipinski definition) is 6. The van der Waals surface area contributed by atoms with Crippen LogP contribution in [0, 0.1) is 29.6 Å². The van der Waals surface area contributed by atoms with Gasteiger partial charge in [0.25, 0.3) is 5.56 Å². The van der Waals surface area contributed by atoms with Crippen LogP contribution in [0.1, 0.15) is 81.5 Å². The summed E-state index contributed by atoms with van der Waals surface area (Å²) in [5, 5.41) is 21.3. The van der Waals surface area contributed by atoms with Crippen molar-refractivity contribution >= 4 is 5.91 Å². The first-order valence-corrected chi connectivity index (χ1v) is 14.7. The van der Waals surface area contributed by atoms with Crippen molar-refractivity contribution in [1.82, 2.24) is 14.2 Å². The van der Waals surface area contributed by atoms with E-state index in [2.05, 4.69) is 12.1 Å². The highest BCUT2D eigenvalue weighted by Crippen LogP contribution is 2.42. The maximum atomic E-state index is 13.6. The Morgan fingerprint density at radius 1 is 1.05 bits per heavy atom. The molecular weight excluding hydrogens is 542 g/mol. The molecule has 0 saturated heterocycles. The first-order valence-electron chi connectivity index (χ1n) is 14.7. The average molecular weight is 582 g/mol. The molecule has 0 N–H and O–H groups in total. The number of benzene rings is 2. The van der Waals surface area contributed by atoms with Crippen LogP contribution in [-0.4, -0.2) is 31.7 Å². The van der Waals surface area contributed by atoms with Crippen molar-refractivity contribution in [2.24, 2.45) is 0 Å². The Kier molecular flexibility index (Phi) is 9.68. The molecule has 4 rings (SSSR count). The Labute approximate surface area is 252 Å². The van der Waals surface area contributed by atoms with Crippen LogP contribution in [0.15, 0.2) is 70.4 Å². The molecule has 1 amide bonds. The van der Waals surface area contributed by atoms with E-state index in [1.165, 1.54) is 14.2 Å².